The molecule has 21 heavy (non-hydrogen) atoms. The average molecular weight is 305 g/mol. The molecule has 114 valence electrons. The van der Waals surface area contributed by atoms with Crippen molar-refractivity contribution in [2.75, 3.05) is 16.8 Å². The second kappa shape index (κ2) is 7.41. The zero-order valence-corrected chi connectivity index (χ0v) is 13.5. The van der Waals surface area contributed by atoms with Crippen LogP contribution in [0.15, 0.2) is 24.3 Å². The van der Waals surface area contributed by atoms with Crippen LogP contribution in [0.4, 0.5) is 11.4 Å². The minimum Gasteiger partial charge on any atom is -0.360 e. The van der Waals surface area contributed by atoms with Gasteiger partial charge in [-0.1, -0.05) is 19.4 Å². The first-order chi connectivity index (χ1) is 10.1. The molecule has 0 bridgehead atoms. The van der Waals surface area contributed by atoms with Crippen LogP contribution in [0.1, 0.15) is 39.5 Å². The highest BCUT2D eigenvalue weighted by molar-refractivity contribution is 7.80. The molecule has 0 aliphatic carbocycles. The van der Waals surface area contributed by atoms with Crippen LogP contribution in [0.3, 0.4) is 0 Å². The molecule has 1 fully saturated rings. The fourth-order valence-electron chi connectivity index (χ4n) is 2.57. The van der Waals surface area contributed by atoms with E-state index in [1.54, 1.807) is 0 Å². The summed E-state index contributed by atoms with van der Waals surface area (Å²) in [5.74, 6) is 0.199. The molecule has 0 saturated carbocycles. The number of amides is 1. The minimum atomic E-state index is 0.199. The average Bonchev–Trinajstić information content (AvgIpc) is 2.85. The second-order valence-corrected chi connectivity index (χ2v) is 5.90. The molecule has 1 aliphatic rings. The van der Waals surface area contributed by atoms with E-state index in [1.165, 1.54) is 0 Å². The Morgan fingerprint density at radius 1 is 1.48 bits per heavy atom. The van der Waals surface area contributed by atoms with Crippen molar-refractivity contribution < 1.29 is 4.79 Å². The molecule has 1 amide bonds. The summed E-state index contributed by atoms with van der Waals surface area (Å²) in [6, 6.07) is 8.20. The van der Waals surface area contributed by atoms with Crippen LogP contribution in [-0.4, -0.2) is 23.6 Å². The number of rotatable bonds is 5. The van der Waals surface area contributed by atoms with Crippen LogP contribution >= 0.6 is 12.2 Å². The Hall–Kier alpha value is -1.62. The summed E-state index contributed by atoms with van der Waals surface area (Å²) in [6.07, 6.45) is 3.80. The first-order valence-corrected chi connectivity index (χ1v) is 7.99. The number of carbonyl (C=O) groups excluding carboxylic acids is 1. The van der Waals surface area contributed by atoms with E-state index in [2.05, 4.69) is 24.5 Å². The maximum Gasteiger partial charge on any atom is 0.227 e. The van der Waals surface area contributed by atoms with Crippen molar-refractivity contribution in [2.45, 2.75) is 45.6 Å². The van der Waals surface area contributed by atoms with E-state index >= 15 is 0 Å². The molecule has 0 aromatic heterocycles. The minimum absolute atomic E-state index is 0.199. The summed E-state index contributed by atoms with van der Waals surface area (Å²) in [5, 5.41) is 7.08. The van der Waals surface area contributed by atoms with Crippen molar-refractivity contribution in [2.24, 2.45) is 0 Å². The summed E-state index contributed by atoms with van der Waals surface area (Å²) in [5.41, 5.74) is 1.85. The van der Waals surface area contributed by atoms with Gasteiger partial charge in [-0.25, -0.2) is 0 Å². The quantitative estimate of drug-likeness (QED) is 0.819. The fourth-order valence-corrected chi connectivity index (χ4v) is 2.89. The van der Waals surface area contributed by atoms with Crippen LogP contribution in [-0.2, 0) is 4.79 Å². The van der Waals surface area contributed by atoms with Gasteiger partial charge in [0.15, 0.2) is 5.11 Å². The SMILES string of the molecule is CCC[C@@H](C)NC(=S)Nc1cccc(N2CCCC2=O)c1. The summed E-state index contributed by atoms with van der Waals surface area (Å²) < 4.78 is 0. The van der Waals surface area contributed by atoms with Gasteiger partial charge < -0.3 is 15.5 Å². The maximum atomic E-state index is 11.8. The Morgan fingerprint density at radius 3 is 2.95 bits per heavy atom. The molecule has 2 N–H and O–H groups in total. The van der Waals surface area contributed by atoms with Gasteiger partial charge in [0.2, 0.25) is 5.91 Å². The van der Waals surface area contributed by atoms with Gasteiger partial charge >= 0.3 is 0 Å². The van der Waals surface area contributed by atoms with Gasteiger partial charge in [0, 0.05) is 30.4 Å². The van der Waals surface area contributed by atoms with Crippen molar-refractivity contribution in [3.63, 3.8) is 0 Å². The first-order valence-electron chi connectivity index (χ1n) is 7.58. The number of nitrogens with one attached hydrogen (secondary N) is 2. The van der Waals surface area contributed by atoms with Crippen LogP contribution in [0.25, 0.3) is 0 Å². The number of carbonyl (C=O) groups is 1. The van der Waals surface area contributed by atoms with Gasteiger partial charge in [0.1, 0.15) is 0 Å². The van der Waals surface area contributed by atoms with E-state index < -0.39 is 0 Å². The maximum absolute atomic E-state index is 11.8. The van der Waals surface area contributed by atoms with Crippen LogP contribution in [0.2, 0.25) is 0 Å². The van der Waals surface area contributed by atoms with E-state index in [0.717, 1.165) is 37.2 Å². The third-order valence-electron chi connectivity index (χ3n) is 3.59. The van der Waals surface area contributed by atoms with Crippen molar-refractivity contribution >= 4 is 34.6 Å². The third-order valence-corrected chi connectivity index (χ3v) is 3.81. The molecule has 0 spiro atoms. The number of anilines is 2. The smallest absolute Gasteiger partial charge is 0.227 e. The molecule has 1 saturated heterocycles. The molecule has 1 heterocycles. The predicted octanol–water partition coefficient (Wildman–Crippen LogP) is 3.29. The zero-order valence-electron chi connectivity index (χ0n) is 12.7. The number of thiocarbonyl (C=S) groups is 1. The van der Waals surface area contributed by atoms with Gasteiger partial charge in [0.05, 0.1) is 0 Å². The lowest BCUT2D eigenvalue weighted by Gasteiger charge is -2.19. The van der Waals surface area contributed by atoms with E-state index in [9.17, 15) is 4.79 Å². The molecule has 1 aromatic carbocycles. The fraction of sp³-hybridized carbons (Fsp3) is 0.500. The Morgan fingerprint density at radius 2 is 2.29 bits per heavy atom. The van der Waals surface area contributed by atoms with Crippen LogP contribution in [0.5, 0.6) is 0 Å². The van der Waals surface area contributed by atoms with Crippen LogP contribution < -0.4 is 15.5 Å². The molecule has 0 radical (unpaired) electrons. The normalized spacial score (nSPS) is 15.9. The van der Waals surface area contributed by atoms with Crippen molar-refractivity contribution in [1.29, 1.82) is 0 Å². The summed E-state index contributed by atoms with van der Waals surface area (Å²) >= 11 is 5.32. The van der Waals surface area contributed by atoms with Gasteiger partial charge in [-0.2, -0.15) is 0 Å². The standard InChI is InChI=1S/C16H23N3OS/c1-3-6-12(2)17-16(21)18-13-7-4-8-14(11-13)19-10-5-9-15(19)20/h4,7-8,11-12H,3,5-6,9-10H2,1-2H3,(H2,17,18,21)/t12-/m1/s1. The first kappa shape index (κ1) is 15.8. The molecule has 1 atom stereocenters. The Labute approximate surface area is 131 Å². The van der Waals surface area contributed by atoms with E-state index in [0.29, 0.717) is 17.6 Å². The third kappa shape index (κ3) is 4.43. The molecule has 0 unspecified atom stereocenters. The van der Waals surface area contributed by atoms with Crippen molar-refractivity contribution in [3.05, 3.63) is 24.3 Å². The molecule has 2 rings (SSSR count). The molecule has 5 heteroatoms. The van der Waals surface area contributed by atoms with Gasteiger partial charge in [-0.15, -0.1) is 0 Å². The highest BCUT2D eigenvalue weighted by Gasteiger charge is 2.21. The van der Waals surface area contributed by atoms with Gasteiger partial charge in [0.25, 0.3) is 0 Å². The Balaban J connectivity index is 1.97. The van der Waals surface area contributed by atoms with Gasteiger partial charge in [-0.3, -0.25) is 4.79 Å². The van der Waals surface area contributed by atoms with Gasteiger partial charge in [-0.05, 0) is 50.2 Å². The van der Waals surface area contributed by atoms with E-state index in [-0.39, 0.29) is 5.91 Å². The lowest BCUT2D eigenvalue weighted by atomic mass is 10.2. The summed E-state index contributed by atoms with van der Waals surface area (Å²) in [4.78, 5) is 13.6. The van der Waals surface area contributed by atoms with Crippen molar-refractivity contribution in [3.8, 4) is 0 Å². The highest BCUT2D eigenvalue weighted by atomic mass is 32.1. The highest BCUT2D eigenvalue weighted by Crippen LogP contribution is 2.24. The largest absolute Gasteiger partial charge is 0.360 e. The zero-order chi connectivity index (χ0) is 15.2. The predicted molar refractivity (Wildman–Crippen MR) is 91.8 cm³/mol. The molecule has 1 aromatic rings. The molecule has 4 nitrogen and oxygen atoms in total. The van der Waals surface area contributed by atoms with E-state index in [4.69, 9.17) is 12.2 Å². The topological polar surface area (TPSA) is 44.4 Å². The lowest BCUT2D eigenvalue weighted by molar-refractivity contribution is -0.117. The second-order valence-electron chi connectivity index (χ2n) is 5.49. The number of benzene rings is 1. The summed E-state index contributed by atoms with van der Waals surface area (Å²) in [6.45, 7) is 5.08. The summed E-state index contributed by atoms with van der Waals surface area (Å²) in [7, 11) is 0. The number of hydrogen-bond donors (Lipinski definition) is 2. The van der Waals surface area contributed by atoms with Crippen LogP contribution in [0, 0.1) is 0 Å². The number of hydrogen-bond acceptors (Lipinski definition) is 2. The molecular weight excluding hydrogens is 282 g/mol. The Bertz CT molecular complexity index is 518. The molecule has 1 aliphatic heterocycles. The molecular formula is C16H23N3OS. The Kier molecular flexibility index (Phi) is 5.56. The monoisotopic (exact) mass is 305 g/mol. The van der Waals surface area contributed by atoms with E-state index in [1.807, 2.05) is 29.2 Å². The number of nitrogens with zero attached hydrogens (tertiary/aromatic N) is 1. The lowest BCUT2D eigenvalue weighted by Crippen LogP contribution is -2.35. The van der Waals surface area contributed by atoms with Crippen molar-refractivity contribution in [1.82, 2.24) is 5.32 Å².